The van der Waals surface area contributed by atoms with Gasteiger partial charge in [-0.2, -0.15) is 10.2 Å². The van der Waals surface area contributed by atoms with Gasteiger partial charge in [-0.3, -0.25) is 0 Å². The number of hydrogen-bond acceptors (Lipinski definition) is 10. The largest absolute Gasteiger partial charge is 2.00 e. The summed E-state index contributed by atoms with van der Waals surface area (Å²) in [5.41, 5.74) is 2.39. The van der Waals surface area contributed by atoms with Crippen molar-refractivity contribution in [2.24, 2.45) is 20.4 Å². The molecule has 8 N–H and O–H groups in total. The quantitative estimate of drug-likeness (QED) is 0.0965. The van der Waals surface area contributed by atoms with E-state index in [0.717, 1.165) is 22.6 Å². The summed E-state index contributed by atoms with van der Waals surface area (Å²) in [5.74, 6) is 1.38. The van der Waals surface area contributed by atoms with E-state index in [4.69, 9.17) is 19.7 Å². The first-order chi connectivity index (χ1) is 19.4. The molecule has 0 radical (unpaired) electrons. The fraction of sp³-hybridized carbons (Fsp3) is 0.0667. The molecule has 0 amide bonds. The van der Waals surface area contributed by atoms with E-state index in [1.54, 1.807) is 50.6 Å². The van der Waals surface area contributed by atoms with Crippen LogP contribution in [0.4, 0.5) is 0 Å². The molecule has 0 atom stereocenters. The first kappa shape index (κ1) is 37.9. The summed E-state index contributed by atoms with van der Waals surface area (Å²) in [7, 11) is 3.21. The Hall–Kier alpha value is -5.10. The monoisotopic (exact) mass is 640 g/mol. The zero-order valence-corrected chi connectivity index (χ0v) is 26.5. The number of hydrogen-bond donors (Lipinski definition) is 2. The van der Waals surface area contributed by atoms with Gasteiger partial charge in [0, 0.05) is 0 Å². The van der Waals surface area contributed by atoms with Crippen molar-refractivity contribution in [1.29, 1.82) is 0 Å². The van der Waals surface area contributed by atoms with Crippen LogP contribution in [0.25, 0.3) is 0 Å². The molecule has 12 nitrogen and oxygen atoms in total. The molecule has 13 heteroatoms. The van der Waals surface area contributed by atoms with E-state index in [0.29, 0.717) is 11.1 Å². The Labute approximate surface area is 261 Å². The number of rotatable bonds is 8. The SMILES string of the molecule is COc1ccc(C=NN=C([OH2+])c2ccccc2O)cc1.COc1ccc(C=NN=C([OH2+])c2ccccc2O)cc1.[OH-].[OH-].[Zn+2]. The Morgan fingerprint density at radius 1 is 0.581 bits per heavy atom. The molecule has 220 valence electrons. The predicted molar refractivity (Wildman–Crippen MR) is 162 cm³/mol. The number of phenols is 2. The zero-order chi connectivity index (χ0) is 28.7. The number of phenolic OH excluding ortho intramolecular Hbond substituents is 2. The molecular weight excluding hydrogens is 610 g/mol. The van der Waals surface area contributed by atoms with Crippen LogP contribution in [0.15, 0.2) is 117 Å². The number of para-hydroxylation sites is 2. The molecule has 0 heterocycles. The van der Waals surface area contributed by atoms with Crippen molar-refractivity contribution in [3.63, 3.8) is 0 Å². The van der Waals surface area contributed by atoms with Crippen LogP contribution in [0.1, 0.15) is 22.3 Å². The van der Waals surface area contributed by atoms with Crippen molar-refractivity contribution in [1.82, 2.24) is 0 Å². The van der Waals surface area contributed by atoms with Crippen LogP contribution in [0.2, 0.25) is 0 Å². The van der Waals surface area contributed by atoms with Gasteiger partial charge in [0.25, 0.3) is 0 Å². The van der Waals surface area contributed by atoms with Gasteiger partial charge in [-0.25, -0.2) is 0 Å². The number of aromatic hydroxyl groups is 2. The van der Waals surface area contributed by atoms with Crippen LogP contribution in [0.5, 0.6) is 23.0 Å². The molecule has 4 aromatic carbocycles. The summed E-state index contributed by atoms with van der Waals surface area (Å²) < 4.78 is 10.1. The molecule has 0 bridgehead atoms. The van der Waals surface area contributed by atoms with Crippen molar-refractivity contribution in [3.8, 4) is 23.0 Å². The van der Waals surface area contributed by atoms with E-state index in [2.05, 4.69) is 20.4 Å². The predicted octanol–water partition coefficient (Wildman–Crippen LogP) is 3.46. The van der Waals surface area contributed by atoms with E-state index < -0.39 is 0 Å². The van der Waals surface area contributed by atoms with Gasteiger partial charge in [0.1, 0.15) is 34.1 Å². The first-order valence-electron chi connectivity index (χ1n) is 11.9. The summed E-state index contributed by atoms with van der Waals surface area (Å²) in [6.45, 7) is 0. The van der Waals surface area contributed by atoms with Gasteiger partial charge in [-0.15, -0.1) is 0 Å². The second-order valence-corrected chi connectivity index (χ2v) is 7.97. The molecule has 4 aromatic rings. The summed E-state index contributed by atoms with van der Waals surface area (Å²) >= 11 is 0. The summed E-state index contributed by atoms with van der Waals surface area (Å²) in [6.07, 6.45) is 3.07. The summed E-state index contributed by atoms with van der Waals surface area (Å²) in [5, 5.41) is 49.8. The molecule has 0 aliphatic heterocycles. The topological polar surface area (TPSA) is 214 Å². The zero-order valence-electron chi connectivity index (χ0n) is 23.5. The molecule has 0 saturated heterocycles. The molecular formula is C30H32N4O8Zn+2. The Bertz CT molecular complexity index is 1390. The van der Waals surface area contributed by atoms with Crippen molar-refractivity contribution < 1.29 is 60.3 Å². The molecule has 0 spiro atoms. The molecule has 0 aromatic heterocycles. The van der Waals surface area contributed by atoms with Crippen LogP contribution in [-0.2, 0) is 19.5 Å². The van der Waals surface area contributed by atoms with E-state index in [9.17, 15) is 10.2 Å². The van der Waals surface area contributed by atoms with Crippen molar-refractivity contribution in [2.75, 3.05) is 14.2 Å². The average Bonchev–Trinajstić information content (AvgIpc) is 2.98. The fourth-order valence-corrected chi connectivity index (χ4v) is 3.14. The molecule has 0 unspecified atom stereocenters. The molecule has 0 aliphatic carbocycles. The van der Waals surface area contributed by atoms with Gasteiger partial charge in [-0.05, 0) is 83.9 Å². The Kier molecular flexibility index (Phi) is 17.5. The minimum atomic E-state index is -0.0899. The first-order valence-corrected chi connectivity index (χ1v) is 11.9. The Morgan fingerprint density at radius 3 is 1.21 bits per heavy atom. The van der Waals surface area contributed by atoms with Gasteiger partial charge >= 0.3 is 31.3 Å². The number of ether oxygens (including phenoxy) is 2. The van der Waals surface area contributed by atoms with Gasteiger partial charge in [0.05, 0.1) is 26.6 Å². The minimum Gasteiger partial charge on any atom is -0.870 e. The van der Waals surface area contributed by atoms with E-state index in [1.807, 2.05) is 48.5 Å². The third kappa shape index (κ3) is 12.1. The third-order valence-corrected chi connectivity index (χ3v) is 5.28. The maximum atomic E-state index is 9.59. The van der Waals surface area contributed by atoms with Gasteiger partial charge < -0.3 is 40.9 Å². The van der Waals surface area contributed by atoms with Crippen LogP contribution < -0.4 is 9.47 Å². The molecule has 0 aliphatic rings. The molecule has 4 rings (SSSR count). The van der Waals surface area contributed by atoms with Crippen LogP contribution in [-0.4, -0.2) is 69.8 Å². The number of methoxy groups -OCH3 is 2. The van der Waals surface area contributed by atoms with Crippen molar-refractivity contribution in [3.05, 3.63) is 119 Å². The van der Waals surface area contributed by atoms with Crippen molar-refractivity contribution in [2.45, 2.75) is 0 Å². The van der Waals surface area contributed by atoms with Gasteiger partial charge in [0.15, 0.2) is 0 Å². The maximum absolute atomic E-state index is 9.59. The van der Waals surface area contributed by atoms with E-state index >= 15 is 0 Å². The standard InChI is InChI=1S/2C15H14N2O3.2H2O.Zn/c2*1-20-12-8-6-11(7-9-12)10-16-17-15(19)13-4-2-3-5-14(13)18;;;/h2*2-10,18H,1H3,(H,17,19);2*1H2;/q;;;;+2. The average molecular weight is 642 g/mol. The van der Waals surface area contributed by atoms with Crippen LogP contribution in [0.3, 0.4) is 0 Å². The number of benzene rings is 4. The minimum absolute atomic E-state index is 0. The fourth-order valence-electron chi connectivity index (χ4n) is 3.14. The number of nitrogens with zero attached hydrogens (tertiary/aromatic N) is 4. The maximum Gasteiger partial charge on any atom is 2.00 e. The van der Waals surface area contributed by atoms with Gasteiger partial charge in [0.2, 0.25) is 0 Å². The summed E-state index contributed by atoms with van der Waals surface area (Å²) in [4.78, 5) is 0. The van der Waals surface area contributed by atoms with Crippen LogP contribution >= 0.6 is 0 Å². The molecule has 0 saturated carbocycles. The summed E-state index contributed by atoms with van der Waals surface area (Å²) in [6, 6.07) is 27.7. The van der Waals surface area contributed by atoms with Gasteiger partial charge in [-0.1, -0.05) is 34.5 Å². The molecule has 43 heavy (non-hydrogen) atoms. The normalized spacial score (nSPS) is 10.9. The second kappa shape index (κ2) is 19.9. The van der Waals surface area contributed by atoms with Crippen molar-refractivity contribution >= 4 is 24.2 Å². The van der Waals surface area contributed by atoms with E-state index in [-0.39, 0.29) is 53.7 Å². The smallest absolute Gasteiger partial charge is 0.870 e. The molecule has 0 fully saturated rings. The Morgan fingerprint density at radius 2 is 0.907 bits per heavy atom. The Balaban J connectivity index is 0.000000767. The van der Waals surface area contributed by atoms with E-state index in [1.165, 1.54) is 24.6 Å². The van der Waals surface area contributed by atoms with Crippen LogP contribution in [0, 0.1) is 0 Å². The third-order valence-electron chi connectivity index (χ3n) is 5.28. The second-order valence-electron chi connectivity index (χ2n) is 7.97.